The summed E-state index contributed by atoms with van der Waals surface area (Å²) in [5, 5.41) is 12.7. The first-order valence-corrected chi connectivity index (χ1v) is 6.90. The van der Waals surface area contributed by atoms with Crippen LogP contribution in [0.15, 0.2) is 0 Å². The lowest BCUT2D eigenvalue weighted by molar-refractivity contribution is -0.126. The van der Waals surface area contributed by atoms with E-state index >= 15 is 0 Å². The SMILES string of the molecule is NC1CCCCC1C(=O)NCC1CCCC1O. The van der Waals surface area contributed by atoms with Crippen molar-refractivity contribution in [3.8, 4) is 0 Å². The van der Waals surface area contributed by atoms with Gasteiger partial charge in [-0.05, 0) is 25.7 Å². The van der Waals surface area contributed by atoms with Crippen LogP contribution in [0, 0.1) is 11.8 Å². The van der Waals surface area contributed by atoms with Crippen LogP contribution < -0.4 is 11.1 Å². The van der Waals surface area contributed by atoms with Crippen LogP contribution in [0.3, 0.4) is 0 Å². The van der Waals surface area contributed by atoms with Crippen molar-refractivity contribution in [2.45, 2.75) is 57.1 Å². The van der Waals surface area contributed by atoms with E-state index in [9.17, 15) is 9.90 Å². The summed E-state index contributed by atoms with van der Waals surface area (Å²) >= 11 is 0. The third-order valence-electron chi connectivity index (χ3n) is 4.31. The molecule has 2 saturated carbocycles. The van der Waals surface area contributed by atoms with Crippen LogP contribution in [0.2, 0.25) is 0 Å². The molecule has 4 N–H and O–H groups in total. The second-order valence-corrected chi connectivity index (χ2v) is 5.56. The highest BCUT2D eigenvalue weighted by molar-refractivity contribution is 5.79. The topological polar surface area (TPSA) is 75.4 Å². The second kappa shape index (κ2) is 5.83. The highest BCUT2D eigenvalue weighted by Gasteiger charge is 2.30. The van der Waals surface area contributed by atoms with Crippen LogP contribution in [0.5, 0.6) is 0 Å². The van der Waals surface area contributed by atoms with Crippen molar-refractivity contribution < 1.29 is 9.90 Å². The molecule has 2 aliphatic carbocycles. The van der Waals surface area contributed by atoms with Crippen molar-refractivity contribution in [2.24, 2.45) is 17.6 Å². The van der Waals surface area contributed by atoms with E-state index in [1.165, 1.54) is 0 Å². The Morgan fingerprint density at radius 2 is 1.94 bits per heavy atom. The van der Waals surface area contributed by atoms with Gasteiger partial charge in [-0.1, -0.05) is 19.3 Å². The third-order valence-corrected chi connectivity index (χ3v) is 4.31. The van der Waals surface area contributed by atoms with E-state index in [1.54, 1.807) is 0 Å². The van der Waals surface area contributed by atoms with Gasteiger partial charge in [-0.2, -0.15) is 0 Å². The quantitative estimate of drug-likeness (QED) is 0.682. The maximum atomic E-state index is 12.0. The number of rotatable bonds is 3. The maximum absolute atomic E-state index is 12.0. The molecule has 0 spiro atoms. The summed E-state index contributed by atoms with van der Waals surface area (Å²) in [7, 11) is 0. The maximum Gasteiger partial charge on any atom is 0.224 e. The predicted octanol–water partition coefficient (Wildman–Crippen LogP) is 0.781. The normalized spacial score (nSPS) is 38.0. The van der Waals surface area contributed by atoms with Crippen molar-refractivity contribution in [1.82, 2.24) is 5.32 Å². The Bertz CT molecular complexity index is 270. The van der Waals surface area contributed by atoms with Crippen molar-refractivity contribution in [3.05, 3.63) is 0 Å². The van der Waals surface area contributed by atoms with E-state index in [0.29, 0.717) is 6.54 Å². The molecule has 98 valence electrons. The van der Waals surface area contributed by atoms with Crippen molar-refractivity contribution in [3.63, 3.8) is 0 Å². The molecule has 4 heteroatoms. The smallest absolute Gasteiger partial charge is 0.224 e. The van der Waals surface area contributed by atoms with Crippen LogP contribution in [0.4, 0.5) is 0 Å². The highest BCUT2D eigenvalue weighted by atomic mass is 16.3. The fraction of sp³-hybridized carbons (Fsp3) is 0.923. The lowest BCUT2D eigenvalue weighted by atomic mass is 9.84. The van der Waals surface area contributed by atoms with E-state index in [0.717, 1.165) is 44.9 Å². The lowest BCUT2D eigenvalue weighted by Gasteiger charge is -2.28. The van der Waals surface area contributed by atoms with E-state index in [4.69, 9.17) is 5.73 Å². The van der Waals surface area contributed by atoms with Crippen LogP contribution in [0.1, 0.15) is 44.9 Å². The zero-order valence-electron chi connectivity index (χ0n) is 10.4. The predicted molar refractivity (Wildman–Crippen MR) is 66.3 cm³/mol. The van der Waals surface area contributed by atoms with Gasteiger partial charge in [-0.25, -0.2) is 0 Å². The standard InChI is InChI=1S/C13H24N2O2/c14-11-6-2-1-5-10(11)13(17)15-8-9-4-3-7-12(9)16/h9-12,16H,1-8,14H2,(H,15,17). The summed E-state index contributed by atoms with van der Waals surface area (Å²) in [6.45, 7) is 0.614. The Kier molecular flexibility index (Phi) is 4.40. The molecule has 1 amide bonds. The van der Waals surface area contributed by atoms with Crippen molar-refractivity contribution in [2.75, 3.05) is 6.54 Å². The highest BCUT2D eigenvalue weighted by Crippen LogP contribution is 2.26. The molecule has 0 bridgehead atoms. The van der Waals surface area contributed by atoms with Crippen LogP contribution in [-0.2, 0) is 4.79 Å². The Balaban J connectivity index is 1.76. The molecule has 0 aromatic rings. The minimum Gasteiger partial charge on any atom is -0.393 e. The monoisotopic (exact) mass is 240 g/mol. The molecule has 2 fully saturated rings. The first-order chi connectivity index (χ1) is 8.18. The van der Waals surface area contributed by atoms with Gasteiger partial charge in [0, 0.05) is 18.5 Å². The minimum atomic E-state index is -0.227. The van der Waals surface area contributed by atoms with Crippen LogP contribution in [-0.4, -0.2) is 29.7 Å². The summed E-state index contributed by atoms with van der Waals surface area (Å²) in [6.07, 6.45) is 6.89. The minimum absolute atomic E-state index is 0.0118. The number of hydrogen-bond acceptors (Lipinski definition) is 3. The molecule has 4 unspecified atom stereocenters. The number of carbonyl (C=O) groups excluding carboxylic acids is 1. The van der Waals surface area contributed by atoms with Crippen molar-refractivity contribution >= 4 is 5.91 Å². The largest absolute Gasteiger partial charge is 0.393 e. The number of hydrogen-bond donors (Lipinski definition) is 3. The number of nitrogens with two attached hydrogens (primary N) is 1. The molecule has 0 radical (unpaired) electrons. The molecule has 0 aromatic carbocycles. The summed E-state index contributed by atoms with van der Waals surface area (Å²) in [4.78, 5) is 12.0. The van der Waals surface area contributed by atoms with Gasteiger partial charge in [0.25, 0.3) is 0 Å². The van der Waals surface area contributed by atoms with Gasteiger partial charge in [0.1, 0.15) is 0 Å². The van der Waals surface area contributed by atoms with Gasteiger partial charge in [0.05, 0.1) is 12.0 Å². The molecule has 4 nitrogen and oxygen atoms in total. The van der Waals surface area contributed by atoms with E-state index in [-0.39, 0.29) is 29.9 Å². The zero-order chi connectivity index (χ0) is 12.3. The second-order valence-electron chi connectivity index (χ2n) is 5.56. The molecule has 4 atom stereocenters. The Morgan fingerprint density at radius 1 is 1.18 bits per heavy atom. The fourth-order valence-electron chi connectivity index (χ4n) is 3.10. The molecule has 0 saturated heterocycles. The Hall–Kier alpha value is -0.610. The summed E-state index contributed by atoms with van der Waals surface area (Å²) in [5.41, 5.74) is 5.98. The van der Waals surface area contributed by atoms with Gasteiger partial charge in [0.15, 0.2) is 0 Å². The molecule has 17 heavy (non-hydrogen) atoms. The first-order valence-electron chi connectivity index (χ1n) is 6.90. The molecule has 2 rings (SSSR count). The van der Waals surface area contributed by atoms with E-state index < -0.39 is 0 Å². The number of nitrogens with one attached hydrogen (secondary N) is 1. The molecule has 2 aliphatic rings. The van der Waals surface area contributed by atoms with Gasteiger partial charge < -0.3 is 16.2 Å². The van der Waals surface area contributed by atoms with E-state index in [2.05, 4.69) is 5.32 Å². The summed E-state index contributed by atoms with van der Waals surface area (Å²) in [5.74, 6) is 0.331. The lowest BCUT2D eigenvalue weighted by Crippen LogP contribution is -2.45. The van der Waals surface area contributed by atoms with Crippen LogP contribution >= 0.6 is 0 Å². The molecular weight excluding hydrogens is 216 g/mol. The third kappa shape index (κ3) is 3.19. The summed E-state index contributed by atoms with van der Waals surface area (Å²) in [6, 6.07) is 0.0252. The number of amides is 1. The number of aliphatic hydroxyl groups is 1. The average molecular weight is 240 g/mol. The van der Waals surface area contributed by atoms with Gasteiger partial charge in [0.2, 0.25) is 5.91 Å². The molecule has 0 heterocycles. The first kappa shape index (κ1) is 12.8. The molecule has 0 aliphatic heterocycles. The molecule has 0 aromatic heterocycles. The number of aliphatic hydroxyl groups excluding tert-OH is 1. The van der Waals surface area contributed by atoms with Gasteiger partial charge >= 0.3 is 0 Å². The zero-order valence-corrected chi connectivity index (χ0v) is 10.4. The Labute approximate surface area is 103 Å². The van der Waals surface area contributed by atoms with Crippen LogP contribution in [0.25, 0.3) is 0 Å². The van der Waals surface area contributed by atoms with Gasteiger partial charge in [-0.15, -0.1) is 0 Å². The van der Waals surface area contributed by atoms with Gasteiger partial charge in [-0.3, -0.25) is 4.79 Å². The fourth-order valence-corrected chi connectivity index (χ4v) is 3.10. The average Bonchev–Trinajstić information content (AvgIpc) is 2.72. The Morgan fingerprint density at radius 3 is 2.59 bits per heavy atom. The van der Waals surface area contributed by atoms with E-state index in [1.807, 2.05) is 0 Å². The molecular formula is C13H24N2O2. The number of carbonyl (C=O) groups is 1. The summed E-state index contributed by atoms with van der Waals surface area (Å²) < 4.78 is 0. The van der Waals surface area contributed by atoms with Crippen molar-refractivity contribution in [1.29, 1.82) is 0 Å².